The minimum atomic E-state index is -1.78. The van der Waals surface area contributed by atoms with Crippen LogP contribution in [0.15, 0.2) is 42.0 Å². The second-order valence-corrected chi connectivity index (χ2v) is 11.5. The van der Waals surface area contributed by atoms with E-state index in [0.29, 0.717) is 17.9 Å². The molecule has 0 saturated heterocycles. The zero-order valence-corrected chi connectivity index (χ0v) is 16.5. The second-order valence-electron chi connectivity index (χ2n) is 6.77. The number of allylic oxidation sites excluding steroid dienone is 1. The molecular formula is C19H28O4Si. The Morgan fingerprint density at radius 2 is 1.54 bits per heavy atom. The molecule has 132 valence electrons. The summed E-state index contributed by atoms with van der Waals surface area (Å²) < 4.78 is 9.40. The molecule has 5 heteroatoms. The molecule has 0 bridgehead atoms. The molecule has 1 aromatic rings. The third-order valence-corrected chi connectivity index (χ3v) is 9.21. The van der Waals surface area contributed by atoms with Crippen molar-refractivity contribution in [1.29, 1.82) is 0 Å². The van der Waals surface area contributed by atoms with Gasteiger partial charge in [0.1, 0.15) is 5.57 Å². The lowest BCUT2D eigenvalue weighted by atomic mass is 10.1. The fraction of sp³-hybridized carbons (Fsp3) is 0.474. The molecule has 0 spiro atoms. The molecule has 0 aromatic heterocycles. The summed E-state index contributed by atoms with van der Waals surface area (Å²) in [6.07, 6.45) is 2.32. The normalized spacial score (nSPS) is 12.5. The highest BCUT2D eigenvalue weighted by Crippen LogP contribution is 2.34. The number of hydrogen-bond acceptors (Lipinski definition) is 4. The summed E-state index contributed by atoms with van der Waals surface area (Å²) in [6, 6.07) is 10.5. The summed E-state index contributed by atoms with van der Waals surface area (Å²) in [5.41, 5.74) is 0.354. The lowest BCUT2D eigenvalue weighted by molar-refractivity contribution is -0.144. The number of hydrogen-bond donors (Lipinski definition) is 0. The van der Waals surface area contributed by atoms with Gasteiger partial charge in [-0.05, 0) is 17.9 Å². The maximum absolute atomic E-state index is 11.8. The number of ether oxygens (including phenoxy) is 2. The van der Waals surface area contributed by atoms with Crippen LogP contribution in [0.25, 0.3) is 0 Å². The molecule has 1 atom stereocenters. The SMILES string of the molecule is COC(=O)C(=CCC(C(C)C)[Si](C)(C)c1ccccc1)C(=O)OC. The van der Waals surface area contributed by atoms with E-state index < -0.39 is 20.0 Å². The first-order chi connectivity index (χ1) is 11.3. The van der Waals surface area contributed by atoms with Crippen LogP contribution in [0.3, 0.4) is 0 Å². The van der Waals surface area contributed by atoms with Gasteiger partial charge in [-0.1, -0.05) is 68.5 Å². The van der Waals surface area contributed by atoms with Gasteiger partial charge in [-0.15, -0.1) is 0 Å². The van der Waals surface area contributed by atoms with Crippen molar-refractivity contribution in [3.05, 3.63) is 42.0 Å². The first-order valence-electron chi connectivity index (χ1n) is 8.18. The van der Waals surface area contributed by atoms with E-state index in [0.717, 1.165) is 0 Å². The Kier molecular flexibility index (Phi) is 7.41. The Bertz CT molecular complexity index is 573. The molecule has 0 aliphatic carbocycles. The van der Waals surface area contributed by atoms with Crippen molar-refractivity contribution < 1.29 is 19.1 Å². The second kappa shape index (κ2) is 8.83. The predicted molar refractivity (Wildman–Crippen MR) is 98.9 cm³/mol. The number of rotatable bonds is 7. The van der Waals surface area contributed by atoms with E-state index in [1.807, 2.05) is 6.07 Å². The zero-order chi connectivity index (χ0) is 18.3. The van der Waals surface area contributed by atoms with Gasteiger partial charge in [0, 0.05) is 0 Å². The van der Waals surface area contributed by atoms with Gasteiger partial charge in [-0.25, -0.2) is 9.59 Å². The Balaban J connectivity index is 3.15. The van der Waals surface area contributed by atoms with Gasteiger partial charge in [0.2, 0.25) is 0 Å². The van der Waals surface area contributed by atoms with E-state index >= 15 is 0 Å². The van der Waals surface area contributed by atoms with Crippen LogP contribution < -0.4 is 5.19 Å². The number of carbonyl (C=O) groups is 2. The van der Waals surface area contributed by atoms with Crippen molar-refractivity contribution in [1.82, 2.24) is 0 Å². The van der Waals surface area contributed by atoms with E-state index in [4.69, 9.17) is 9.47 Å². The van der Waals surface area contributed by atoms with Crippen LogP contribution in [-0.2, 0) is 19.1 Å². The number of methoxy groups -OCH3 is 2. The molecule has 0 heterocycles. The van der Waals surface area contributed by atoms with E-state index in [2.05, 4.69) is 51.2 Å². The molecule has 1 unspecified atom stereocenters. The minimum Gasteiger partial charge on any atom is -0.465 e. The maximum atomic E-state index is 11.8. The summed E-state index contributed by atoms with van der Waals surface area (Å²) in [5.74, 6) is -0.869. The molecule has 0 aliphatic heterocycles. The van der Waals surface area contributed by atoms with E-state index in [-0.39, 0.29) is 5.57 Å². The largest absolute Gasteiger partial charge is 0.465 e. The monoisotopic (exact) mass is 348 g/mol. The third kappa shape index (κ3) is 4.80. The van der Waals surface area contributed by atoms with E-state index in [1.165, 1.54) is 19.4 Å². The Hall–Kier alpha value is -1.88. The first-order valence-corrected chi connectivity index (χ1v) is 11.3. The molecule has 0 saturated carbocycles. The molecule has 0 amide bonds. The average molecular weight is 349 g/mol. The summed E-state index contributed by atoms with van der Waals surface area (Å²) >= 11 is 0. The Morgan fingerprint density at radius 3 is 1.96 bits per heavy atom. The van der Waals surface area contributed by atoms with Crippen molar-refractivity contribution in [2.24, 2.45) is 5.92 Å². The Morgan fingerprint density at radius 1 is 1.04 bits per heavy atom. The lowest BCUT2D eigenvalue weighted by Gasteiger charge is -2.35. The van der Waals surface area contributed by atoms with Gasteiger partial charge in [0.15, 0.2) is 0 Å². The molecule has 1 aromatic carbocycles. The van der Waals surface area contributed by atoms with Crippen LogP contribution in [0, 0.1) is 5.92 Å². The maximum Gasteiger partial charge on any atom is 0.344 e. The van der Waals surface area contributed by atoms with Crippen LogP contribution in [0.5, 0.6) is 0 Å². The fourth-order valence-electron chi connectivity index (χ4n) is 3.20. The number of esters is 2. The molecule has 4 nitrogen and oxygen atoms in total. The standard InChI is InChI=1S/C19H28O4Si/c1-14(2)17(24(5,6)15-10-8-7-9-11-15)13-12-16(18(20)22-3)19(21)23-4/h7-12,14,17H,13H2,1-6H3. The van der Waals surface area contributed by atoms with Gasteiger partial charge in [0.05, 0.1) is 22.3 Å². The highest BCUT2D eigenvalue weighted by Gasteiger charge is 2.35. The van der Waals surface area contributed by atoms with Crippen LogP contribution >= 0.6 is 0 Å². The zero-order valence-electron chi connectivity index (χ0n) is 15.5. The van der Waals surface area contributed by atoms with Crippen LogP contribution in [0.1, 0.15) is 20.3 Å². The summed E-state index contributed by atoms with van der Waals surface area (Å²) in [4.78, 5) is 23.7. The van der Waals surface area contributed by atoms with Crippen LogP contribution in [-0.4, -0.2) is 34.2 Å². The summed E-state index contributed by atoms with van der Waals surface area (Å²) in [6.45, 7) is 9.03. The van der Waals surface area contributed by atoms with Gasteiger partial charge in [-0.3, -0.25) is 0 Å². The van der Waals surface area contributed by atoms with Crippen molar-refractivity contribution in [3.8, 4) is 0 Å². The van der Waals surface area contributed by atoms with Crippen LogP contribution in [0.2, 0.25) is 18.6 Å². The van der Waals surface area contributed by atoms with Crippen molar-refractivity contribution in [3.63, 3.8) is 0 Å². The van der Waals surface area contributed by atoms with Gasteiger partial charge in [-0.2, -0.15) is 0 Å². The van der Waals surface area contributed by atoms with E-state index in [9.17, 15) is 9.59 Å². The lowest BCUT2D eigenvalue weighted by Crippen LogP contribution is -2.47. The summed E-state index contributed by atoms with van der Waals surface area (Å²) in [5, 5.41) is 1.37. The molecule has 1 rings (SSSR count). The molecule has 24 heavy (non-hydrogen) atoms. The summed E-state index contributed by atoms with van der Waals surface area (Å²) in [7, 11) is 0.754. The molecular weight excluding hydrogens is 320 g/mol. The Labute approximate surface area is 145 Å². The predicted octanol–water partition coefficient (Wildman–Crippen LogP) is 3.29. The minimum absolute atomic E-state index is 0.0245. The first kappa shape index (κ1) is 20.2. The average Bonchev–Trinajstić information content (AvgIpc) is 2.57. The van der Waals surface area contributed by atoms with Crippen molar-refractivity contribution in [2.75, 3.05) is 14.2 Å². The van der Waals surface area contributed by atoms with Crippen LogP contribution in [0.4, 0.5) is 0 Å². The van der Waals surface area contributed by atoms with E-state index in [1.54, 1.807) is 6.08 Å². The smallest absolute Gasteiger partial charge is 0.344 e. The van der Waals surface area contributed by atoms with Gasteiger partial charge in [0.25, 0.3) is 0 Å². The molecule has 0 aliphatic rings. The van der Waals surface area contributed by atoms with Crippen molar-refractivity contribution in [2.45, 2.75) is 38.9 Å². The number of carbonyl (C=O) groups excluding carboxylic acids is 2. The molecule has 0 N–H and O–H groups in total. The van der Waals surface area contributed by atoms with Crippen molar-refractivity contribution >= 4 is 25.2 Å². The van der Waals surface area contributed by atoms with Gasteiger partial charge < -0.3 is 9.47 Å². The third-order valence-electron chi connectivity index (χ3n) is 4.64. The number of benzene rings is 1. The molecule has 0 fully saturated rings. The quantitative estimate of drug-likeness (QED) is 0.249. The molecule has 0 radical (unpaired) electrons. The topological polar surface area (TPSA) is 52.6 Å². The fourth-order valence-corrected chi connectivity index (χ4v) is 7.05. The highest BCUT2D eigenvalue weighted by molar-refractivity contribution is 6.91. The van der Waals surface area contributed by atoms with Gasteiger partial charge >= 0.3 is 11.9 Å². The highest BCUT2D eigenvalue weighted by atomic mass is 28.3.